The van der Waals surface area contributed by atoms with Crippen molar-refractivity contribution in [3.8, 4) is 6.07 Å². The lowest BCUT2D eigenvalue weighted by molar-refractivity contribution is 0.0765. The number of ether oxygens (including phenoxy) is 1. The lowest BCUT2D eigenvalue weighted by Gasteiger charge is -2.32. The predicted octanol–water partition coefficient (Wildman–Crippen LogP) is 1.31. The summed E-state index contributed by atoms with van der Waals surface area (Å²) in [6, 6.07) is 8.12. The lowest BCUT2D eigenvalue weighted by Crippen LogP contribution is -2.42. The number of hydrogen-bond acceptors (Lipinski definition) is 4. The Balaban J connectivity index is 2.20. The van der Waals surface area contributed by atoms with Crippen LogP contribution >= 0.6 is 0 Å². The quantitative estimate of drug-likeness (QED) is 0.720. The number of anilines is 2. The first-order valence-corrected chi connectivity index (χ1v) is 5.33. The second kappa shape index (κ2) is 4.42. The van der Waals surface area contributed by atoms with Crippen LogP contribution in [0.25, 0.3) is 0 Å². The van der Waals surface area contributed by atoms with Gasteiger partial charge in [-0.2, -0.15) is 5.26 Å². The molecule has 1 aliphatic rings. The maximum atomic E-state index is 8.84. The number of rotatable bonds is 1. The van der Waals surface area contributed by atoms with Gasteiger partial charge in [-0.15, -0.1) is 0 Å². The van der Waals surface area contributed by atoms with E-state index in [4.69, 9.17) is 15.7 Å². The molecule has 1 saturated heterocycles. The van der Waals surface area contributed by atoms with Gasteiger partial charge in [0.2, 0.25) is 0 Å². The second-order valence-electron chi connectivity index (χ2n) is 4.00. The monoisotopic (exact) mass is 217 g/mol. The molecule has 0 aromatic heterocycles. The van der Waals surface area contributed by atoms with Crippen molar-refractivity contribution in [1.29, 1.82) is 5.26 Å². The van der Waals surface area contributed by atoms with E-state index in [-0.39, 0.29) is 6.10 Å². The molecule has 2 rings (SSSR count). The van der Waals surface area contributed by atoms with Gasteiger partial charge in [-0.3, -0.25) is 0 Å². The number of benzene rings is 1. The molecule has 84 valence electrons. The van der Waals surface area contributed by atoms with Gasteiger partial charge in [0, 0.05) is 6.54 Å². The van der Waals surface area contributed by atoms with E-state index in [9.17, 15) is 0 Å². The van der Waals surface area contributed by atoms with E-state index in [0.717, 1.165) is 23.5 Å². The van der Waals surface area contributed by atoms with E-state index >= 15 is 0 Å². The summed E-state index contributed by atoms with van der Waals surface area (Å²) in [5, 5.41) is 8.84. The number of nitrogen functional groups attached to an aromatic ring is 1. The van der Waals surface area contributed by atoms with Crippen LogP contribution in [0, 0.1) is 18.3 Å². The van der Waals surface area contributed by atoms with Gasteiger partial charge >= 0.3 is 0 Å². The van der Waals surface area contributed by atoms with E-state index in [1.165, 1.54) is 0 Å². The van der Waals surface area contributed by atoms with E-state index in [1.54, 1.807) is 0 Å². The lowest BCUT2D eigenvalue weighted by atomic mass is 10.1. The van der Waals surface area contributed by atoms with Gasteiger partial charge in [-0.25, -0.2) is 0 Å². The Bertz CT molecular complexity index is 425. The third-order valence-electron chi connectivity index (χ3n) is 2.73. The van der Waals surface area contributed by atoms with Gasteiger partial charge < -0.3 is 15.4 Å². The summed E-state index contributed by atoms with van der Waals surface area (Å²) >= 11 is 0. The molecule has 0 aliphatic carbocycles. The third-order valence-corrected chi connectivity index (χ3v) is 2.73. The first-order chi connectivity index (χ1) is 7.70. The molecule has 1 unspecified atom stereocenters. The predicted molar refractivity (Wildman–Crippen MR) is 63.2 cm³/mol. The van der Waals surface area contributed by atoms with Crippen molar-refractivity contribution < 1.29 is 4.74 Å². The third kappa shape index (κ3) is 2.10. The normalized spacial score (nSPS) is 20.5. The molecule has 2 N–H and O–H groups in total. The maximum Gasteiger partial charge on any atom is 0.161 e. The van der Waals surface area contributed by atoms with E-state index < -0.39 is 0 Å². The second-order valence-corrected chi connectivity index (χ2v) is 4.00. The van der Waals surface area contributed by atoms with Crippen LogP contribution in [0.3, 0.4) is 0 Å². The summed E-state index contributed by atoms with van der Waals surface area (Å²) in [5.41, 5.74) is 8.88. The summed E-state index contributed by atoms with van der Waals surface area (Å²) in [5.74, 6) is 0. The van der Waals surface area contributed by atoms with Crippen molar-refractivity contribution in [3.05, 3.63) is 23.8 Å². The Labute approximate surface area is 95.2 Å². The van der Waals surface area contributed by atoms with Gasteiger partial charge in [-0.05, 0) is 24.6 Å². The van der Waals surface area contributed by atoms with Crippen LogP contribution in [0.5, 0.6) is 0 Å². The van der Waals surface area contributed by atoms with Crippen molar-refractivity contribution in [3.63, 3.8) is 0 Å². The van der Waals surface area contributed by atoms with Crippen LogP contribution in [0.15, 0.2) is 18.2 Å². The summed E-state index contributed by atoms with van der Waals surface area (Å²) in [6.07, 6.45) is -0.352. The number of nitriles is 1. The number of hydrogen-bond donors (Lipinski definition) is 1. The molecule has 1 fully saturated rings. The molecule has 1 atom stereocenters. The largest absolute Gasteiger partial charge is 0.397 e. The van der Waals surface area contributed by atoms with E-state index in [0.29, 0.717) is 13.2 Å². The molecule has 4 heteroatoms. The first-order valence-electron chi connectivity index (χ1n) is 5.33. The van der Waals surface area contributed by atoms with Crippen LogP contribution < -0.4 is 10.6 Å². The van der Waals surface area contributed by atoms with Crippen molar-refractivity contribution >= 4 is 11.4 Å². The smallest absolute Gasteiger partial charge is 0.161 e. The fourth-order valence-electron chi connectivity index (χ4n) is 1.91. The highest BCUT2D eigenvalue weighted by molar-refractivity contribution is 5.68. The average Bonchev–Trinajstić information content (AvgIpc) is 2.29. The fraction of sp³-hybridized carbons (Fsp3) is 0.417. The Hall–Kier alpha value is -1.73. The highest BCUT2D eigenvalue weighted by atomic mass is 16.5. The molecule has 0 bridgehead atoms. The molecule has 1 aromatic carbocycles. The summed E-state index contributed by atoms with van der Waals surface area (Å²) in [7, 11) is 0. The molecule has 1 heterocycles. The van der Waals surface area contributed by atoms with E-state index in [2.05, 4.69) is 11.0 Å². The molecule has 1 aromatic rings. The minimum Gasteiger partial charge on any atom is -0.397 e. The van der Waals surface area contributed by atoms with Gasteiger partial charge in [0.25, 0.3) is 0 Å². The number of aryl methyl sites for hydroxylation is 1. The molecular formula is C12H15N3O. The van der Waals surface area contributed by atoms with Crippen molar-refractivity contribution in [1.82, 2.24) is 0 Å². The minimum atomic E-state index is -0.352. The van der Waals surface area contributed by atoms with Crippen LogP contribution in [0.2, 0.25) is 0 Å². The topological polar surface area (TPSA) is 62.3 Å². The molecule has 4 nitrogen and oxygen atoms in total. The molecular weight excluding hydrogens is 202 g/mol. The highest BCUT2D eigenvalue weighted by Crippen LogP contribution is 2.25. The zero-order valence-electron chi connectivity index (χ0n) is 9.31. The van der Waals surface area contributed by atoms with Gasteiger partial charge in [0.1, 0.15) is 0 Å². The number of nitrogens with zero attached hydrogens (tertiary/aromatic N) is 2. The van der Waals surface area contributed by atoms with Gasteiger partial charge in [0.05, 0.1) is 30.6 Å². The summed E-state index contributed by atoms with van der Waals surface area (Å²) in [6.45, 7) is 3.96. The van der Waals surface area contributed by atoms with Crippen molar-refractivity contribution in [2.24, 2.45) is 0 Å². The van der Waals surface area contributed by atoms with Crippen LogP contribution in [-0.2, 0) is 4.74 Å². The Morgan fingerprint density at radius 1 is 1.56 bits per heavy atom. The Kier molecular flexibility index (Phi) is 2.97. The van der Waals surface area contributed by atoms with Crippen LogP contribution in [-0.4, -0.2) is 25.8 Å². The first kappa shape index (κ1) is 10.8. The van der Waals surface area contributed by atoms with Crippen LogP contribution in [0.4, 0.5) is 11.4 Å². The summed E-state index contributed by atoms with van der Waals surface area (Å²) < 4.78 is 5.30. The Morgan fingerprint density at radius 2 is 2.38 bits per heavy atom. The molecule has 16 heavy (non-hydrogen) atoms. The SMILES string of the molecule is Cc1ccc(N2CCOC(C#N)C2)c(N)c1. The highest BCUT2D eigenvalue weighted by Gasteiger charge is 2.21. The maximum absolute atomic E-state index is 8.84. The molecule has 0 radical (unpaired) electrons. The van der Waals surface area contributed by atoms with Crippen molar-refractivity contribution in [2.75, 3.05) is 30.3 Å². The van der Waals surface area contributed by atoms with Crippen LogP contribution in [0.1, 0.15) is 5.56 Å². The zero-order valence-corrected chi connectivity index (χ0v) is 9.31. The van der Waals surface area contributed by atoms with Gasteiger partial charge in [-0.1, -0.05) is 6.07 Å². The summed E-state index contributed by atoms with van der Waals surface area (Å²) in [4.78, 5) is 2.10. The fourth-order valence-corrected chi connectivity index (χ4v) is 1.91. The average molecular weight is 217 g/mol. The van der Waals surface area contributed by atoms with Gasteiger partial charge in [0.15, 0.2) is 6.10 Å². The molecule has 1 aliphatic heterocycles. The standard InChI is InChI=1S/C12H15N3O/c1-9-2-3-12(11(14)6-9)15-4-5-16-10(7-13)8-15/h2-3,6,10H,4-5,8,14H2,1H3. The zero-order chi connectivity index (χ0) is 11.5. The number of morpholine rings is 1. The van der Waals surface area contributed by atoms with E-state index in [1.807, 2.05) is 25.1 Å². The number of nitrogens with two attached hydrogens (primary N) is 1. The molecule has 0 spiro atoms. The molecule has 0 saturated carbocycles. The Morgan fingerprint density at radius 3 is 3.06 bits per heavy atom. The molecule has 0 amide bonds. The minimum absolute atomic E-state index is 0.352. The van der Waals surface area contributed by atoms with Crippen molar-refractivity contribution in [2.45, 2.75) is 13.0 Å².